The van der Waals surface area contributed by atoms with Crippen LogP contribution >= 0.6 is 0 Å². The summed E-state index contributed by atoms with van der Waals surface area (Å²) >= 11 is 0. The van der Waals surface area contributed by atoms with Crippen molar-refractivity contribution in [3.05, 3.63) is 29.8 Å². The number of aliphatic hydroxyl groups is 1. The van der Waals surface area contributed by atoms with E-state index in [0.717, 1.165) is 13.1 Å². The van der Waals surface area contributed by atoms with E-state index in [9.17, 15) is 4.79 Å². The molecule has 1 aliphatic heterocycles. The fraction of sp³-hybridized carbons (Fsp3) is 0.500. The molecule has 0 aliphatic carbocycles. The summed E-state index contributed by atoms with van der Waals surface area (Å²) in [5.74, 6) is 0.362. The zero-order valence-electron chi connectivity index (χ0n) is 12.7. The van der Waals surface area contributed by atoms with Crippen LogP contribution in [0.2, 0.25) is 0 Å². The quantitative estimate of drug-likeness (QED) is 0.855. The maximum absolute atomic E-state index is 12.4. The minimum atomic E-state index is -0.626. The minimum Gasteiger partial charge on any atom is -0.480 e. The lowest BCUT2D eigenvalue weighted by Crippen LogP contribution is -2.52. The summed E-state index contributed by atoms with van der Waals surface area (Å²) in [5.41, 5.74) is 0.426. The highest BCUT2D eigenvalue weighted by Gasteiger charge is 2.26. The van der Waals surface area contributed by atoms with Crippen LogP contribution in [-0.4, -0.2) is 66.2 Å². The summed E-state index contributed by atoms with van der Waals surface area (Å²) in [6.07, 6.45) is -0.626. The number of ether oxygens (including phenoxy) is 1. The molecule has 2 rings (SSSR count). The van der Waals surface area contributed by atoms with Crippen LogP contribution in [0.5, 0.6) is 5.75 Å². The van der Waals surface area contributed by atoms with Gasteiger partial charge in [-0.15, -0.1) is 0 Å². The van der Waals surface area contributed by atoms with Gasteiger partial charge in [0.1, 0.15) is 11.8 Å². The average Bonchev–Trinajstić information content (AvgIpc) is 2.55. The molecule has 22 heavy (non-hydrogen) atoms. The highest BCUT2D eigenvalue weighted by atomic mass is 16.5. The van der Waals surface area contributed by atoms with Gasteiger partial charge in [0, 0.05) is 32.7 Å². The Hall–Kier alpha value is -2.10. The molecule has 6 heteroatoms. The Kier molecular flexibility index (Phi) is 5.75. The summed E-state index contributed by atoms with van der Waals surface area (Å²) in [7, 11) is 0. The summed E-state index contributed by atoms with van der Waals surface area (Å²) in [5, 5.41) is 18.0. The first-order valence-electron chi connectivity index (χ1n) is 7.43. The molecule has 0 bridgehead atoms. The zero-order valence-corrected chi connectivity index (χ0v) is 12.7. The lowest BCUT2D eigenvalue weighted by Gasteiger charge is -2.35. The lowest BCUT2D eigenvalue weighted by atomic mass is 10.2. The van der Waals surface area contributed by atoms with Gasteiger partial charge >= 0.3 is 0 Å². The van der Waals surface area contributed by atoms with Gasteiger partial charge in [-0.1, -0.05) is 12.1 Å². The average molecular weight is 303 g/mol. The van der Waals surface area contributed by atoms with Crippen molar-refractivity contribution in [1.82, 2.24) is 9.80 Å². The van der Waals surface area contributed by atoms with E-state index in [0.29, 0.717) is 30.9 Å². The number of hydrogen-bond donors (Lipinski definition) is 1. The molecule has 1 saturated heterocycles. The smallest absolute Gasteiger partial charge is 0.263 e. The molecule has 0 saturated carbocycles. The summed E-state index contributed by atoms with van der Waals surface area (Å²) < 4.78 is 5.66. The van der Waals surface area contributed by atoms with Crippen molar-refractivity contribution in [1.29, 1.82) is 5.26 Å². The molecule has 1 aromatic carbocycles. The van der Waals surface area contributed by atoms with Crippen LogP contribution in [-0.2, 0) is 4.79 Å². The number of benzene rings is 1. The predicted octanol–water partition coefficient (Wildman–Crippen LogP) is 0.462. The standard InChI is InChI=1S/C16H21N3O3/c1-13(22-15-5-3-2-4-14(15)12-17)16(21)19-8-6-18(7-9-19)10-11-20/h2-5,13,20H,6-11H2,1H3. The van der Waals surface area contributed by atoms with E-state index in [4.69, 9.17) is 15.1 Å². The molecule has 1 aliphatic rings. The van der Waals surface area contributed by atoms with Crippen molar-refractivity contribution < 1.29 is 14.6 Å². The Morgan fingerprint density at radius 1 is 1.36 bits per heavy atom. The number of para-hydroxylation sites is 1. The van der Waals surface area contributed by atoms with E-state index in [1.54, 1.807) is 36.1 Å². The zero-order chi connectivity index (χ0) is 15.9. The molecule has 118 valence electrons. The topological polar surface area (TPSA) is 76.8 Å². The molecule has 0 aromatic heterocycles. The first-order chi connectivity index (χ1) is 10.7. The first kappa shape index (κ1) is 16.3. The fourth-order valence-electron chi connectivity index (χ4n) is 2.49. The Morgan fingerprint density at radius 2 is 2.05 bits per heavy atom. The van der Waals surface area contributed by atoms with Gasteiger partial charge in [0.25, 0.3) is 5.91 Å². The van der Waals surface area contributed by atoms with Gasteiger partial charge in [-0.3, -0.25) is 9.69 Å². The monoisotopic (exact) mass is 303 g/mol. The van der Waals surface area contributed by atoms with Crippen LogP contribution in [0.1, 0.15) is 12.5 Å². The van der Waals surface area contributed by atoms with Gasteiger partial charge in [-0.2, -0.15) is 5.26 Å². The third-order valence-corrected chi connectivity index (χ3v) is 3.76. The predicted molar refractivity (Wildman–Crippen MR) is 81.4 cm³/mol. The first-order valence-corrected chi connectivity index (χ1v) is 7.43. The van der Waals surface area contributed by atoms with Crippen LogP contribution in [0.25, 0.3) is 0 Å². The summed E-state index contributed by atoms with van der Waals surface area (Å²) in [4.78, 5) is 16.3. The molecule has 1 amide bonds. The van der Waals surface area contributed by atoms with E-state index in [2.05, 4.69) is 11.0 Å². The van der Waals surface area contributed by atoms with Crippen molar-refractivity contribution in [3.63, 3.8) is 0 Å². The molecule has 6 nitrogen and oxygen atoms in total. The largest absolute Gasteiger partial charge is 0.480 e. The molecule has 1 heterocycles. The Morgan fingerprint density at radius 3 is 2.68 bits per heavy atom. The minimum absolute atomic E-state index is 0.0728. The molecule has 0 radical (unpaired) electrons. The number of amides is 1. The maximum Gasteiger partial charge on any atom is 0.263 e. The maximum atomic E-state index is 12.4. The Bertz CT molecular complexity index is 548. The number of hydrogen-bond acceptors (Lipinski definition) is 5. The number of nitrogens with zero attached hydrogens (tertiary/aromatic N) is 3. The van der Waals surface area contributed by atoms with E-state index >= 15 is 0 Å². The molecule has 1 fully saturated rings. The number of aliphatic hydroxyl groups excluding tert-OH is 1. The molecule has 1 aromatic rings. The third kappa shape index (κ3) is 3.97. The summed E-state index contributed by atoms with van der Waals surface area (Å²) in [6, 6.07) is 8.96. The van der Waals surface area contributed by atoms with Gasteiger partial charge in [-0.25, -0.2) is 0 Å². The van der Waals surface area contributed by atoms with Crippen molar-refractivity contribution in [2.45, 2.75) is 13.0 Å². The second-order valence-corrected chi connectivity index (χ2v) is 5.26. The van der Waals surface area contributed by atoms with Crippen LogP contribution in [0.15, 0.2) is 24.3 Å². The summed E-state index contributed by atoms with van der Waals surface area (Å²) in [6.45, 7) is 5.26. The van der Waals surface area contributed by atoms with E-state index in [1.807, 2.05) is 0 Å². The highest BCUT2D eigenvalue weighted by Crippen LogP contribution is 2.19. The van der Waals surface area contributed by atoms with Crippen molar-refractivity contribution in [3.8, 4) is 11.8 Å². The molecular weight excluding hydrogens is 282 g/mol. The van der Waals surface area contributed by atoms with E-state index in [-0.39, 0.29) is 12.5 Å². The Labute approximate surface area is 130 Å². The van der Waals surface area contributed by atoms with Crippen LogP contribution in [0.3, 0.4) is 0 Å². The van der Waals surface area contributed by atoms with Crippen LogP contribution < -0.4 is 4.74 Å². The second kappa shape index (κ2) is 7.78. The second-order valence-electron chi connectivity index (χ2n) is 5.26. The normalized spacial score (nSPS) is 16.9. The van der Waals surface area contributed by atoms with Crippen molar-refractivity contribution in [2.24, 2.45) is 0 Å². The van der Waals surface area contributed by atoms with Gasteiger partial charge in [0.2, 0.25) is 0 Å². The molecule has 0 spiro atoms. The number of nitriles is 1. The number of carbonyl (C=O) groups excluding carboxylic acids is 1. The van der Waals surface area contributed by atoms with Crippen molar-refractivity contribution in [2.75, 3.05) is 39.3 Å². The number of rotatable bonds is 5. The molecule has 1 atom stereocenters. The number of β-amino-alcohol motifs (C(OH)–C–C–N with tert-alkyl or cyclic N) is 1. The molecule has 1 N–H and O–H groups in total. The van der Waals surface area contributed by atoms with E-state index in [1.165, 1.54) is 0 Å². The number of carbonyl (C=O) groups is 1. The highest BCUT2D eigenvalue weighted by molar-refractivity contribution is 5.81. The SMILES string of the molecule is CC(Oc1ccccc1C#N)C(=O)N1CCN(CCO)CC1. The number of piperazine rings is 1. The lowest BCUT2D eigenvalue weighted by molar-refractivity contribution is -0.139. The van der Waals surface area contributed by atoms with Gasteiger partial charge in [-0.05, 0) is 19.1 Å². The van der Waals surface area contributed by atoms with Crippen LogP contribution in [0, 0.1) is 11.3 Å². The molecular formula is C16H21N3O3. The molecule has 1 unspecified atom stereocenters. The van der Waals surface area contributed by atoms with Gasteiger partial charge in [0.15, 0.2) is 6.10 Å². The fourth-order valence-corrected chi connectivity index (χ4v) is 2.49. The van der Waals surface area contributed by atoms with Crippen LogP contribution in [0.4, 0.5) is 0 Å². The van der Waals surface area contributed by atoms with Gasteiger partial charge < -0.3 is 14.7 Å². The Balaban J connectivity index is 1.92. The van der Waals surface area contributed by atoms with Gasteiger partial charge in [0.05, 0.1) is 12.2 Å². The van der Waals surface area contributed by atoms with Crippen molar-refractivity contribution >= 4 is 5.91 Å². The third-order valence-electron chi connectivity index (χ3n) is 3.76. The van der Waals surface area contributed by atoms with E-state index < -0.39 is 6.10 Å².